The van der Waals surface area contributed by atoms with Gasteiger partial charge in [0.2, 0.25) is 0 Å². The molecule has 4 N–H and O–H groups in total. The van der Waals surface area contributed by atoms with E-state index < -0.39 is 0 Å². The molecular formula is C12H13N5O2. The summed E-state index contributed by atoms with van der Waals surface area (Å²) in [7, 11) is 3.19. The van der Waals surface area contributed by atoms with Crippen molar-refractivity contribution in [2.75, 3.05) is 19.6 Å². The fourth-order valence-corrected chi connectivity index (χ4v) is 2.13. The molecule has 0 aliphatic carbocycles. The Kier molecular flexibility index (Phi) is 2.60. The van der Waals surface area contributed by atoms with E-state index in [0.717, 1.165) is 21.9 Å². The van der Waals surface area contributed by atoms with Crippen molar-refractivity contribution >= 4 is 27.8 Å². The molecule has 19 heavy (non-hydrogen) atoms. The number of ether oxygens (including phenoxy) is 2. The number of aromatic nitrogens is 3. The summed E-state index contributed by atoms with van der Waals surface area (Å²) in [5, 5.41) is 0.923. The van der Waals surface area contributed by atoms with Crippen LogP contribution in [0.25, 0.3) is 21.9 Å². The molecule has 2 heterocycles. The molecule has 0 bridgehead atoms. The van der Waals surface area contributed by atoms with Gasteiger partial charge in [-0.2, -0.15) is 0 Å². The highest BCUT2D eigenvalue weighted by Gasteiger charge is 2.13. The van der Waals surface area contributed by atoms with Crippen LogP contribution in [0, 0.1) is 0 Å². The molecule has 0 saturated carbocycles. The van der Waals surface area contributed by atoms with E-state index in [1.807, 2.05) is 12.1 Å². The number of H-pyrrole nitrogens is 1. The van der Waals surface area contributed by atoms with Crippen molar-refractivity contribution in [2.45, 2.75) is 0 Å². The fourth-order valence-electron chi connectivity index (χ4n) is 2.13. The summed E-state index contributed by atoms with van der Waals surface area (Å²) in [4.78, 5) is 11.6. The minimum Gasteiger partial charge on any atom is -0.493 e. The molecule has 3 aromatic rings. The average molecular weight is 259 g/mol. The predicted octanol–water partition coefficient (Wildman–Crippen LogP) is 1.41. The minimum absolute atomic E-state index is 0.541. The Morgan fingerprint density at radius 1 is 1.16 bits per heavy atom. The summed E-state index contributed by atoms with van der Waals surface area (Å²) >= 11 is 0. The largest absolute Gasteiger partial charge is 0.493 e. The van der Waals surface area contributed by atoms with Gasteiger partial charge >= 0.3 is 0 Å². The molecule has 98 valence electrons. The standard InChI is InChI=1S/C12H13N5O2/c1-18-8-3-6-7(4-9(8)19-2)16-11-10(6)14-5-15-12(11)17-13/h3-5,16H,13H2,1-2H3,(H,14,15,17). The third-order valence-electron chi connectivity index (χ3n) is 3.02. The van der Waals surface area contributed by atoms with Crippen LogP contribution in [-0.4, -0.2) is 29.2 Å². The smallest absolute Gasteiger partial charge is 0.167 e. The molecular weight excluding hydrogens is 246 g/mol. The van der Waals surface area contributed by atoms with Gasteiger partial charge < -0.3 is 19.9 Å². The van der Waals surface area contributed by atoms with Crippen LogP contribution >= 0.6 is 0 Å². The number of benzene rings is 1. The van der Waals surface area contributed by atoms with E-state index in [2.05, 4.69) is 20.4 Å². The number of fused-ring (bicyclic) bond motifs is 3. The Balaban J connectivity index is 2.40. The maximum Gasteiger partial charge on any atom is 0.167 e. The van der Waals surface area contributed by atoms with E-state index in [-0.39, 0.29) is 0 Å². The summed E-state index contributed by atoms with van der Waals surface area (Å²) in [6.45, 7) is 0. The molecule has 0 fully saturated rings. The molecule has 0 aliphatic heterocycles. The highest BCUT2D eigenvalue weighted by molar-refractivity contribution is 6.08. The summed E-state index contributed by atoms with van der Waals surface area (Å²) in [5.74, 6) is 7.28. The monoisotopic (exact) mass is 259 g/mol. The predicted molar refractivity (Wildman–Crippen MR) is 72.3 cm³/mol. The second-order valence-corrected chi connectivity index (χ2v) is 3.97. The summed E-state index contributed by atoms with van der Waals surface area (Å²) in [6.07, 6.45) is 1.46. The number of hydrogen-bond acceptors (Lipinski definition) is 6. The number of anilines is 1. The van der Waals surface area contributed by atoms with Crippen LogP contribution < -0.4 is 20.7 Å². The molecule has 0 amide bonds. The van der Waals surface area contributed by atoms with Crippen molar-refractivity contribution in [1.82, 2.24) is 15.0 Å². The van der Waals surface area contributed by atoms with E-state index in [4.69, 9.17) is 15.3 Å². The zero-order chi connectivity index (χ0) is 13.4. The van der Waals surface area contributed by atoms with E-state index in [9.17, 15) is 0 Å². The number of nitrogen functional groups attached to an aromatic ring is 1. The van der Waals surface area contributed by atoms with Crippen LogP contribution in [0.2, 0.25) is 0 Å². The third kappa shape index (κ3) is 1.63. The lowest BCUT2D eigenvalue weighted by molar-refractivity contribution is 0.356. The van der Waals surface area contributed by atoms with Gasteiger partial charge in [-0.1, -0.05) is 0 Å². The van der Waals surface area contributed by atoms with E-state index >= 15 is 0 Å². The number of nitrogens with one attached hydrogen (secondary N) is 2. The average Bonchev–Trinajstić information content (AvgIpc) is 2.83. The molecule has 0 radical (unpaired) electrons. The Morgan fingerprint density at radius 3 is 2.58 bits per heavy atom. The van der Waals surface area contributed by atoms with Crippen LogP contribution in [0.4, 0.5) is 5.82 Å². The van der Waals surface area contributed by atoms with Crippen LogP contribution in [0.5, 0.6) is 11.5 Å². The topological polar surface area (TPSA) is 98.1 Å². The van der Waals surface area contributed by atoms with E-state index in [1.165, 1.54) is 6.33 Å². The van der Waals surface area contributed by atoms with Gasteiger partial charge in [0, 0.05) is 11.5 Å². The molecule has 0 aliphatic rings. The Morgan fingerprint density at radius 2 is 1.89 bits per heavy atom. The highest BCUT2D eigenvalue weighted by atomic mass is 16.5. The van der Waals surface area contributed by atoms with Crippen LogP contribution in [-0.2, 0) is 0 Å². The number of hydrazine groups is 1. The van der Waals surface area contributed by atoms with Crippen molar-refractivity contribution in [2.24, 2.45) is 5.84 Å². The third-order valence-corrected chi connectivity index (χ3v) is 3.02. The van der Waals surface area contributed by atoms with Crippen molar-refractivity contribution in [3.8, 4) is 11.5 Å². The normalized spacial score (nSPS) is 10.9. The van der Waals surface area contributed by atoms with Crippen molar-refractivity contribution in [3.63, 3.8) is 0 Å². The quantitative estimate of drug-likeness (QED) is 0.486. The van der Waals surface area contributed by atoms with Crippen molar-refractivity contribution in [1.29, 1.82) is 0 Å². The highest BCUT2D eigenvalue weighted by Crippen LogP contribution is 2.35. The van der Waals surface area contributed by atoms with Gasteiger partial charge in [0.05, 0.1) is 19.7 Å². The SMILES string of the molecule is COc1cc2[nH]c3c(NN)ncnc3c2cc1OC. The lowest BCUT2D eigenvalue weighted by atomic mass is 10.2. The van der Waals surface area contributed by atoms with Crippen LogP contribution in [0.3, 0.4) is 0 Å². The first-order chi connectivity index (χ1) is 9.28. The van der Waals surface area contributed by atoms with Gasteiger partial charge in [-0.3, -0.25) is 0 Å². The van der Waals surface area contributed by atoms with Gasteiger partial charge in [-0.05, 0) is 6.07 Å². The van der Waals surface area contributed by atoms with Gasteiger partial charge in [0.25, 0.3) is 0 Å². The summed E-state index contributed by atoms with van der Waals surface area (Å²) in [6, 6.07) is 3.73. The van der Waals surface area contributed by atoms with Crippen molar-refractivity contribution in [3.05, 3.63) is 18.5 Å². The molecule has 0 atom stereocenters. The first-order valence-electron chi connectivity index (χ1n) is 5.63. The maximum atomic E-state index is 5.44. The number of hydrogen-bond donors (Lipinski definition) is 3. The summed E-state index contributed by atoms with van der Waals surface area (Å²) in [5.41, 5.74) is 4.94. The minimum atomic E-state index is 0.541. The first-order valence-corrected chi connectivity index (χ1v) is 5.63. The van der Waals surface area contributed by atoms with Gasteiger partial charge in [-0.15, -0.1) is 0 Å². The van der Waals surface area contributed by atoms with Gasteiger partial charge in [-0.25, -0.2) is 15.8 Å². The summed E-state index contributed by atoms with van der Waals surface area (Å²) < 4.78 is 10.6. The molecule has 0 unspecified atom stereocenters. The molecule has 1 aromatic carbocycles. The second kappa shape index (κ2) is 4.29. The Hall–Kier alpha value is -2.54. The molecule has 0 spiro atoms. The number of nitrogens with two attached hydrogens (primary N) is 1. The van der Waals surface area contributed by atoms with Gasteiger partial charge in [0.1, 0.15) is 17.4 Å². The maximum absolute atomic E-state index is 5.44. The fraction of sp³-hybridized carbons (Fsp3) is 0.167. The zero-order valence-corrected chi connectivity index (χ0v) is 10.5. The number of methoxy groups -OCH3 is 2. The first kappa shape index (κ1) is 11.5. The van der Waals surface area contributed by atoms with Crippen LogP contribution in [0.15, 0.2) is 18.5 Å². The van der Waals surface area contributed by atoms with Crippen LogP contribution in [0.1, 0.15) is 0 Å². The number of nitrogens with zero attached hydrogens (tertiary/aromatic N) is 2. The lowest BCUT2D eigenvalue weighted by Gasteiger charge is -2.06. The molecule has 2 aromatic heterocycles. The van der Waals surface area contributed by atoms with E-state index in [1.54, 1.807) is 14.2 Å². The molecule has 7 nitrogen and oxygen atoms in total. The number of rotatable bonds is 3. The Bertz CT molecular complexity index is 753. The molecule has 0 saturated heterocycles. The van der Waals surface area contributed by atoms with Gasteiger partial charge in [0.15, 0.2) is 17.3 Å². The zero-order valence-electron chi connectivity index (χ0n) is 10.5. The Labute approximate surface area is 108 Å². The molecule has 7 heteroatoms. The second-order valence-electron chi connectivity index (χ2n) is 3.97. The lowest BCUT2D eigenvalue weighted by Crippen LogP contribution is -2.09. The molecule has 3 rings (SSSR count). The van der Waals surface area contributed by atoms with Crippen molar-refractivity contribution < 1.29 is 9.47 Å². The van der Waals surface area contributed by atoms with E-state index in [0.29, 0.717) is 17.3 Å². The number of aromatic amines is 1.